The number of nitrogens with zero attached hydrogens (tertiary/aromatic N) is 2. The topological polar surface area (TPSA) is 39.1 Å². The van der Waals surface area contributed by atoms with Gasteiger partial charge in [0.05, 0.1) is 18.5 Å². The highest BCUT2D eigenvalue weighted by Gasteiger charge is 2.21. The van der Waals surface area contributed by atoms with Crippen LogP contribution < -0.4 is 10.1 Å². The van der Waals surface area contributed by atoms with Crippen LogP contribution in [0.25, 0.3) is 5.69 Å². The molecule has 0 aliphatic heterocycles. The summed E-state index contributed by atoms with van der Waals surface area (Å²) in [5.41, 5.74) is 4.70. The van der Waals surface area contributed by atoms with Gasteiger partial charge in [0.1, 0.15) is 5.75 Å². The highest BCUT2D eigenvalue weighted by Crippen LogP contribution is 2.23. The Bertz CT molecular complexity index is 597. The van der Waals surface area contributed by atoms with E-state index in [9.17, 15) is 0 Å². The van der Waals surface area contributed by atoms with Gasteiger partial charge in [-0.05, 0) is 51.0 Å². The predicted octanol–water partition coefficient (Wildman–Crippen LogP) is 2.75. The van der Waals surface area contributed by atoms with Crippen LogP contribution in [0.2, 0.25) is 0 Å². The lowest BCUT2D eigenvalue weighted by atomic mass is 10.2. The molecule has 0 spiro atoms. The smallest absolute Gasteiger partial charge is 0.119 e. The van der Waals surface area contributed by atoms with E-state index in [-0.39, 0.29) is 0 Å². The summed E-state index contributed by atoms with van der Waals surface area (Å²) in [5.74, 6) is 0.867. The molecule has 3 rings (SSSR count). The summed E-state index contributed by atoms with van der Waals surface area (Å²) in [6.07, 6.45) is 2.62. The first kappa shape index (κ1) is 13.2. The Hall–Kier alpha value is -1.81. The minimum Gasteiger partial charge on any atom is -0.497 e. The first-order chi connectivity index (χ1) is 9.69. The molecule has 1 N–H and O–H groups in total. The van der Waals surface area contributed by atoms with Crippen molar-refractivity contribution >= 4 is 0 Å². The molecular weight excluding hydrogens is 250 g/mol. The lowest BCUT2D eigenvalue weighted by molar-refractivity contribution is 0.414. The molecule has 20 heavy (non-hydrogen) atoms. The molecule has 2 aromatic rings. The fourth-order valence-corrected chi connectivity index (χ4v) is 2.44. The third-order valence-electron chi connectivity index (χ3n) is 3.90. The predicted molar refractivity (Wildman–Crippen MR) is 79.5 cm³/mol. The minimum atomic E-state index is 0.720. The van der Waals surface area contributed by atoms with Gasteiger partial charge in [-0.3, -0.25) is 0 Å². The SMILES string of the molecule is COc1ccc(-n2nc(C)c(CNC3CC3)c2C)cc1. The molecule has 106 valence electrons. The Morgan fingerprint density at radius 3 is 2.55 bits per heavy atom. The largest absolute Gasteiger partial charge is 0.497 e. The van der Waals surface area contributed by atoms with Gasteiger partial charge < -0.3 is 10.1 Å². The Balaban J connectivity index is 1.86. The van der Waals surface area contributed by atoms with E-state index >= 15 is 0 Å². The van der Waals surface area contributed by atoms with E-state index in [0.717, 1.165) is 29.7 Å². The molecule has 1 aromatic heterocycles. The number of ether oxygens (including phenoxy) is 1. The second-order valence-electron chi connectivity index (χ2n) is 5.41. The maximum Gasteiger partial charge on any atom is 0.119 e. The van der Waals surface area contributed by atoms with Gasteiger partial charge in [-0.1, -0.05) is 0 Å². The molecule has 0 atom stereocenters. The fraction of sp³-hybridized carbons (Fsp3) is 0.438. The summed E-state index contributed by atoms with van der Waals surface area (Å²) in [6.45, 7) is 5.13. The first-order valence-electron chi connectivity index (χ1n) is 7.12. The van der Waals surface area contributed by atoms with Gasteiger partial charge in [-0.2, -0.15) is 5.10 Å². The molecule has 4 heteroatoms. The van der Waals surface area contributed by atoms with Gasteiger partial charge in [-0.25, -0.2) is 4.68 Å². The van der Waals surface area contributed by atoms with E-state index < -0.39 is 0 Å². The molecule has 4 nitrogen and oxygen atoms in total. The Kier molecular flexibility index (Phi) is 3.49. The number of rotatable bonds is 5. The van der Waals surface area contributed by atoms with Gasteiger partial charge in [0, 0.05) is 23.8 Å². The van der Waals surface area contributed by atoms with Crippen LogP contribution in [0.1, 0.15) is 29.8 Å². The molecule has 1 aliphatic carbocycles. The molecule has 0 amide bonds. The molecular formula is C16H21N3O. The summed E-state index contributed by atoms with van der Waals surface area (Å²) < 4.78 is 7.21. The molecule has 0 radical (unpaired) electrons. The Labute approximate surface area is 119 Å². The highest BCUT2D eigenvalue weighted by atomic mass is 16.5. The Morgan fingerprint density at radius 2 is 1.95 bits per heavy atom. The van der Waals surface area contributed by atoms with Crippen molar-refractivity contribution in [1.82, 2.24) is 15.1 Å². The van der Waals surface area contributed by atoms with Crippen LogP contribution in [-0.2, 0) is 6.54 Å². The van der Waals surface area contributed by atoms with Gasteiger partial charge in [-0.15, -0.1) is 0 Å². The maximum absolute atomic E-state index is 5.20. The van der Waals surface area contributed by atoms with Crippen molar-refractivity contribution in [3.8, 4) is 11.4 Å². The number of aryl methyl sites for hydroxylation is 1. The average Bonchev–Trinajstić information content (AvgIpc) is 3.24. The van der Waals surface area contributed by atoms with Crippen LogP contribution in [0.3, 0.4) is 0 Å². The van der Waals surface area contributed by atoms with E-state index in [1.54, 1.807) is 7.11 Å². The molecule has 0 unspecified atom stereocenters. The summed E-state index contributed by atoms with van der Waals surface area (Å²) in [5, 5.41) is 8.23. The third-order valence-corrected chi connectivity index (χ3v) is 3.90. The van der Waals surface area contributed by atoms with Crippen molar-refractivity contribution in [1.29, 1.82) is 0 Å². The van der Waals surface area contributed by atoms with Crippen LogP contribution >= 0.6 is 0 Å². The Morgan fingerprint density at radius 1 is 1.25 bits per heavy atom. The van der Waals surface area contributed by atoms with E-state index in [1.807, 2.05) is 28.9 Å². The first-order valence-corrected chi connectivity index (χ1v) is 7.12. The number of benzene rings is 1. The van der Waals surface area contributed by atoms with Crippen LogP contribution in [0.4, 0.5) is 0 Å². The molecule has 1 saturated carbocycles. The van der Waals surface area contributed by atoms with E-state index in [2.05, 4.69) is 24.3 Å². The monoisotopic (exact) mass is 271 g/mol. The van der Waals surface area contributed by atoms with Crippen molar-refractivity contribution in [2.24, 2.45) is 0 Å². The van der Waals surface area contributed by atoms with Crippen LogP contribution in [0.15, 0.2) is 24.3 Å². The summed E-state index contributed by atoms with van der Waals surface area (Å²) in [7, 11) is 1.68. The molecule has 1 aromatic carbocycles. The third kappa shape index (κ3) is 2.56. The molecule has 0 saturated heterocycles. The van der Waals surface area contributed by atoms with Gasteiger partial charge >= 0.3 is 0 Å². The van der Waals surface area contributed by atoms with Gasteiger partial charge in [0.25, 0.3) is 0 Å². The normalized spacial score (nSPS) is 14.6. The van der Waals surface area contributed by atoms with Crippen molar-refractivity contribution in [3.05, 3.63) is 41.2 Å². The number of hydrogen-bond acceptors (Lipinski definition) is 3. The van der Waals surface area contributed by atoms with Crippen molar-refractivity contribution in [2.75, 3.05) is 7.11 Å². The maximum atomic E-state index is 5.20. The quantitative estimate of drug-likeness (QED) is 0.909. The van der Waals surface area contributed by atoms with E-state index in [0.29, 0.717) is 0 Å². The van der Waals surface area contributed by atoms with E-state index in [1.165, 1.54) is 24.1 Å². The van der Waals surface area contributed by atoms with Gasteiger partial charge in [0.15, 0.2) is 0 Å². The van der Waals surface area contributed by atoms with Crippen LogP contribution in [-0.4, -0.2) is 22.9 Å². The molecule has 1 heterocycles. The lowest BCUT2D eigenvalue weighted by Crippen LogP contribution is -2.16. The summed E-state index contributed by atoms with van der Waals surface area (Å²) in [6, 6.07) is 8.73. The highest BCUT2D eigenvalue weighted by molar-refractivity contribution is 5.40. The zero-order chi connectivity index (χ0) is 14.1. The van der Waals surface area contributed by atoms with Gasteiger partial charge in [0.2, 0.25) is 0 Å². The van der Waals surface area contributed by atoms with Crippen molar-refractivity contribution < 1.29 is 4.74 Å². The second-order valence-corrected chi connectivity index (χ2v) is 5.41. The molecule has 0 bridgehead atoms. The minimum absolute atomic E-state index is 0.720. The fourth-order valence-electron chi connectivity index (χ4n) is 2.44. The average molecular weight is 271 g/mol. The summed E-state index contributed by atoms with van der Waals surface area (Å²) in [4.78, 5) is 0. The zero-order valence-corrected chi connectivity index (χ0v) is 12.3. The number of hydrogen-bond donors (Lipinski definition) is 1. The van der Waals surface area contributed by atoms with E-state index in [4.69, 9.17) is 4.74 Å². The zero-order valence-electron chi connectivity index (χ0n) is 12.3. The van der Waals surface area contributed by atoms with Crippen LogP contribution in [0, 0.1) is 13.8 Å². The van der Waals surface area contributed by atoms with Crippen LogP contribution in [0.5, 0.6) is 5.75 Å². The lowest BCUT2D eigenvalue weighted by Gasteiger charge is -2.07. The summed E-state index contributed by atoms with van der Waals surface area (Å²) >= 11 is 0. The number of methoxy groups -OCH3 is 1. The standard InChI is InChI=1S/C16H21N3O/c1-11-16(10-17-13-4-5-13)12(2)19(18-11)14-6-8-15(20-3)9-7-14/h6-9,13,17H,4-5,10H2,1-3H3. The number of nitrogens with one attached hydrogen (secondary N) is 1. The molecule has 1 aliphatic rings. The molecule has 1 fully saturated rings. The second kappa shape index (κ2) is 5.29. The number of aromatic nitrogens is 2. The van der Waals surface area contributed by atoms with Crippen molar-refractivity contribution in [3.63, 3.8) is 0 Å². The van der Waals surface area contributed by atoms with Crippen molar-refractivity contribution in [2.45, 2.75) is 39.3 Å².